The smallest absolute Gasteiger partial charge is 0.140 e. The first-order chi connectivity index (χ1) is 21.1. The molecule has 0 saturated heterocycles. The van der Waals surface area contributed by atoms with Crippen molar-refractivity contribution in [1.29, 1.82) is 0 Å². The first-order valence-electron chi connectivity index (χ1n) is 15.3. The number of aryl methyl sites for hydroxylation is 1. The van der Waals surface area contributed by atoms with Gasteiger partial charge in [-0.15, -0.1) is 0 Å². The molecule has 0 amide bonds. The maximum Gasteiger partial charge on any atom is 0.140 e. The van der Waals surface area contributed by atoms with Crippen molar-refractivity contribution in [2.24, 2.45) is 0 Å². The zero-order chi connectivity index (χ0) is 29.1. The standard InChI is InChI=1S/C41H33NO/c1-4-26(2)38-35(31-20-12-11-15-27(31)3)25-36-33-22-14-13-21-32(33)34-23-30(24-37-39(34)40(36)41(38)43-37)42(28-16-7-5-8-17-28)29-18-9-6-10-19-29/h5-26H,4H2,1-3H3. The average Bonchev–Trinajstić information content (AvgIpc) is 3.44. The summed E-state index contributed by atoms with van der Waals surface area (Å²) >= 11 is 0. The second kappa shape index (κ2) is 10.0. The molecule has 1 unspecified atom stereocenters. The molecule has 2 nitrogen and oxygen atoms in total. The molecule has 0 fully saturated rings. The summed E-state index contributed by atoms with van der Waals surface area (Å²) in [6.07, 6.45) is 1.04. The van der Waals surface area contributed by atoms with E-state index in [1.54, 1.807) is 0 Å². The Morgan fingerprint density at radius 3 is 1.79 bits per heavy atom. The van der Waals surface area contributed by atoms with E-state index in [9.17, 15) is 0 Å². The normalized spacial score (nSPS) is 12.5. The van der Waals surface area contributed by atoms with E-state index in [0.29, 0.717) is 5.92 Å². The molecule has 8 rings (SSSR count). The van der Waals surface area contributed by atoms with E-state index in [4.69, 9.17) is 4.42 Å². The Kier molecular flexibility index (Phi) is 5.97. The maximum atomic E-state index is 7.08. The number of hydrogen-bond donors (Lipinski definition) is 0. The zero-order valence-corrected chi connectivity index (χ0v) is 24.8. The Labute approximate surface area is 252 Å². The second-order valence-corrected chi connectivity index (χ2v) is 11.7. The van der Waals surface area contributed by atoms with Crippen LogP contribution in [0.1, 0.15) is 37.3 Å². The van der Waals surface area contributed by atoms with Gasteiger partial charge in [0.1, 0.15) is 11.2 Å². The van der Waals surface area contributed by atoms with Crippen LogP contribution in [0.4, 0.5) is 17.1 Å². The third-order valence-electron chi connectivity index (χ3n) is 9.20. The second-order valence-electron chi connectivity index (χ2n) is 11.7. The van der Waals surface area contributed by atoms with Crippen LogP contribution in [0.2, 0.25) is 0 Å². The summed E-state index contributed by atoms with van der Waals surface area (Å²) in [5, 5.41) is 7.46. The molecule has 0 aliphatic carbocycles. The fourth-order valence-corrected chi connectivity index (χ4v) is 6.98. The van der Waals surface area contributed by atoms with Crippen molar-refractivity contribution in [3.63, 3.8) is 0 Å². The minimum Gasteiger partial charge on any atom is -0.456 e. The lowest BCUT2D eigenvalue weighted by atomic mass is 9.83. The van der Waals surface area contributed by atoms with E-state index in [0.717, 1.165) is 34.6 Å². The minimum atomic E-state index is 0.342. The Hall–Kier alpha value is -5.08. The molecule has 43 heavy (non-hydrogen) atoms. The molecule has 1 aromatic heterocycles. The third-order valence-corrected chi connectivity index (χ3v) is 9.20. The van der Waals surface area contributed by atoms with Gasteiger partial charge in [-0.05, 0) is 93.9 Å². The van der Waals surface area contributed by atoms with Gasteiger partial charge in [-0.2, -0.15) is 0 Å². The summed E-state index contributed by atoms with van der Waals surface area (Å²) in [6.45, 7) is 6.82. The van der Waals surface area contributed by atoms with E-state index in [1.165, 1.54) is 54.6 Å². The molecule has 1 atom stereocenters. The van der Waals surface area contributed by atoms with Crippen LogP contribution < -0.4 is 4.90 Å². The molecule has 1 heterocycles. The van der Waals surface area contributed by atoms with Gasteiger partial charge in [-0.1, -0.05) is 98.8 Å². The van der Waals surface area contributed by atoms with Crippen molar-refractivity contribution < 1.29 is 4.42 Å². The minimum absolute atomic E-state index is 0.342. The van der Waals surface area contributed by atoms with Crippen molar-refractivity contribution >= 4 is 60.5 Å². The lowest BCUT2D eigenvalue weighted by molar-refractivity contribution is 0.647. The molecular formula is C41H33NO. The van der Waals surface area contributed by atoms with Crippen molar-refractivity contribution in [3.8, 4) is 11.1 Å². The van der Waals surface area contributed by atoms with E-state index in [1.807, 2.05) is 0 Å². The van der Waals surface area contributed by atoms with Gasteiger partial charge in [0.15, 0.2) is 0 Å². The van der Waals surface area contributed by atoms with Crippen molar-refractivity contribution in [2.75, 3.05) is 4.90 Å². The van der Waals surface area contributed by atoms with E-state index >= 15 is 0 Å². The monoisotopic (exact) mass is 555 g/mol. The summed E-state index contributed by atoms with van der Waals surface area (Å²) in [7, 11) is 0. The number of nitrogens with zero attached hydrogens (tertiary/aromatic N) is 1. The molecule has 0 saturated carbocycles. The van der Waals surface area contributed by atoms with Crippen molar-refractivity contribution in [3.05, 3.63) is 139 Å². The van der Waals surface area contributed by atoms with Gasteiger partial charge in [-0.3, -0.25) is 0 Å². The summed E-state index contributed by atoms with van der Waals surface area (Å²) in [6, 6.07) is 45.9. The van der Waals surface area contributed by atoms with Crippen LogP contribution in [-0.4, -0.2) is 0 Å². The van der Waals surface area contributed by atoms with Crippen LogP contribution in [0, 0.1) is 6.92 Å². The largest absolute Gasteiger partial charge is 0.456 e. The van der Waals surface area contributed by atoms with Gasteiger partial charge in [0.2, 0.25) is 0 Å². The molecule has 0 N–H and O–H groups in total. The van der Waals surface area contributed by atoms with Crippen LogP contribution in [-0.2, 0) is 0 Å². The van der Waals surface area contributed by atoms with Crippen molar-refractivity contribution in [2.45, 2.75) is 33.1 Å². The average molecular weight is 556 g/mol. The highest BCUT2D eigenvalue weighted by Crippen LogP contribution is 2.50. The van der Waals surface area contributed by atoms with Gasteiger partial charge in [0.25, 0.3) is 0 Å². The first-order valence-corrected chi connectivity index (χ1v) is 15.3. The SMILES string of the molecule is CCC(C)c1c(-c2ccccc2C)cc2c3ccccc3c3cc(N(c4ccccc4)c4ccccc4)cc4oc1c2c43. The molecule has 0 radical (unpaired) electrons. The number of fused-ring (bicyclic) bond motifs is 3. The van der Waals surface area contributed by atoms with Crippen LogP contribution >= 0.6 is 0 Å². The number of anilines is 3. The fourth-order valence-electron chi connectivity index (χ4n) is 6.98. The van der Waals surface area contributed by atoms with E-state index in [2.05, 4.69) is 153 Å². The molecule has 0 aliphatic heterocycles. The lowest BCUT2D eigenvalue weighted by Gasteiger charge is -2.26. The van der Waals surface area contributed by atoms with Crippen LogP contribution in [0.3, 0.4) is 0 Å². The van der Waals surface area contributed by atoms with E-state index < -0.39 is 0 Å². The molecule has 0 aliphatic rings. The first kappa shape index (κ1) is 25.6. The Balaban J connectivity index is 1.53. The lowest BCUT2D eigenvalue weighted by Crippen LogP contribution is -2.09. The van der Waals surface area contributed by atoms with Crippen LogP contribution in [0.5, 0.6) is 0 Å². The Bertz CT molecular complexity index is 2200. The van der Waals surface area contributed by atoms with Crippen molar-refractivity contribution in [1.82, 2.24) is 0 Å². The summed E-state index contributed by atoms with van der Waals surface area (Å²) in [5.41, 5.74) is 10.4. The predicted molar refractivity (Wildman–Crippen MR) is 183 cm³/mol. The summed E-state index contributed by atoms with van der Waals surface area (Å²) < 4.78 is 7.08. The Morgan fingerprint density at radius 2 is 1.16 bits per heavy atom. The number of rotatable bonds is 6. The number of para-hydroxylation sites is 2. The van der Waals surface area contributed by atoms with Gasteiger partial charge in [0.05, 0.1) is 5.69 Å². The molecule has 208 valence electrons. The van der Waals surface area contributed by atoms with Gasteiger partial charge < -0.3 is 9.32 Å². The number of benzene rings is 7. The Morgan fingerprint density at radius 1 is 0.581 bits per heavy atom. The van der Waals surface area contributed by atoms with Gasteiger partial charge in [-0.25, -0.2) is 0 Å². The molecule has 8 aromatic rings. The topological polar surface area (TPSA) is 16.4 Å². The van der Waals surface area contributed by atoms with Gasteiger partial charge >= 0.3 is 0 Å². The maximum absolute atomic E-state index is 7.08. The third kappa shape index (κ3) is 3.94. The summed E-state index contributed by atoms with van der Waals surface area (Å²) in [4.78, 5) is 2.33. The van der Waals surface area contributed by atoms with Gasteiger partial charge in [0, 0.05) is 33.8 Å². The number of hydrogen-bond acceptors (Lipinski definition) is 2. The van der Waals surface area contributed by atoms with E-state index in [-0.39, 0.29) is 0 Å². The molecule has 0 spiro atoms. The quantitative estimate of drug-likeness (QED) is 0.190. The highest BCUT2D eigenvalue weighted by atomic mass is 16.3. The zero-order valence-electron chi connectivity index (χ0n) is 24.8. The summed E-state index contributed by atoms with van der Waals surface area (Å²) in [5.74, 6) is 0.342. The van der Waals surface area contributed by atoms with Crippen LogP contribution in [0.25, 0.3) is 54.6 Å². The molecule has 2 heteroatoms. The predicted octanol–water partition coefficient (Wildman–Crippen LogP) is 12.3. The highest BCUT2D eigenvalue weighted by Gasteiger charge is 2.26. The van der Waals surface area contributed by atoms with Crippen LogP contribution in [0.15, 0.2) is 132 Å². The number of furan rings is 1. The fraction of sp³-hybridized carbons (Fsp3) is 0.122. The molecular weight excluding hydrogens is 522 g/mol. The molecule has 7 aromatic carbocycles. The molecule has 0 bridgehead atoms. The highest BCUT2D eigenvalue weighted by molar-refractivity contribution is 6.34.